The average Bonchev–Trinajstić information content (AvgIpc) is 3.37. The van der Waals surface area contributed by atoms with Gasteiger partial charge in [0.05, 0.1) is 33.5 Å². The van der Waals surface area contributed by atoms with Crippen LogP contribution in [-0.2, 0) is 14.4 Å². The number of fused-ring (bicyclic) bond motifs is 5. The van der Waals surface area contributed by atoms with E-state index in [2.05, 4.69) is 5.32 Å². The molecule has 38 heavy (non-hydrogen) atoms. The van der Waals surface area contributed by atoms with E-state index in [0.717, 1.165) is 16.2 Å². The molecular weight excluding hydrogens is 531 g/mol. The highest BCUT2D eigenvalue weighted by Crippen LogP contribution is 2.50. The van der Waals surface area contributed by atoms with Gasteiger partial charge in [-0.05, 0) is 42.0 Å². The average molecular weight is 549 g/mol. The Balaban J connectivity index is 1.42. The lowest BCUT2D eigenvalue weighted by Crippen LogP contribution is -2.50. The van der Waals surface area contributed by atoms with E-state index < -0.39 is 46.6 Å². The van der Waals surface area contributed by atoms with Gasteiger partial charge < -0.3 is 10.2 Å². The van der Waals surface area contributed by atoms with Gasteiger partial charge >= 0.3 is 0 Å². The quantitative estimate of drug-likeness (QED) is 0.281. The fraction of sp³-hybridized carbons (Fsp3) is 0.148. The summed E-state index contributed by atoms with van der Waals surface area (Å²) in [6.45, 7) is 0. The van der Waals surface area contributed by atoms with E-state index in [0.29, 0.717) is 10.7 Å². The molecule has 0 aromatic heterocycles. The zero-order valence-electron chi connectivity index (χ0n) is 19.5. The third-order valence-corrected chi connectivity index (χ3v) is 7.72. The van der Waals surface area contributed by atoms with Crippen molar-refractivity contribution in [2.45, 2.75) is 12.1 Å². The Morgan fingerprint density at radius 1 is 0.921 bits per heavy atom. The normalized spacial score (nSPS) is 23.2. The van der Waals surface area contributed by atoms with E-state index in [4.69, 9.17) is 23.2 Å². The molecule has 2 saturated heterocycles. The first kappa shape index (κ1) is 24.1. The molecule has 3 amide bonds. The maximum atomic E-state index is 13.9. The number of benzene rings is 3. The van der Waals surface area contributed by atoms with Crippen molar-refractivity contribution in [1.29, 1.82) is 0 Å². The van der Waals surface area contributed by atoms with E-state index >= 15 is 0 Å². The van der Waals surface area contributed by atoms with Gasteiger partial charge in [-0.15, -0.1) is 0 Å². The van der Waals surface area contributed by atoms with Crippen molar-refractivity contribution < 1.29 is 19.3 Å². The molecule has 3 aromatic carbocycles. The Morgan fingerprint density at radius 2 is 1.63 bits per heavy atom. The Kier molecular flexibility index (Phi) is 5.70. The van der Waals surface area contributed by atoms with Crippen LogP contribution in [-0.4, -0.2) is 34.7 Å². The van der Waals surface area contributed by atoms with Crippen LogP contribution in [0.15, 0.2) is 72.8 Å². The largest absolute Gasteiger partial charge is 0.351 e. The van der Waals surface area contributed by atoms with Crippen molar-refractivity contribution in [3.63, 3.8) is 0 Å². The number of nitrogens with one attached hydrogen (secondary N) is 1. The number of rotatable bonds is 4. The van der Waals surface area contributed by atoms with E-state index in [1.54, 1.807) is 6.07 Å². The topological polar surface area (TPSA) is 113 Å². The summed E-state index contributed by atoms with van der Waals surface area (Å²) >= 11 is 12.4. The minimum absolute atomic E-state index is 0.119. The Morgan fingerprint density at radius 3 is 2.34 bits per heavy atom. The summed E-state index contributed by atoms with van der Waals surface area (Å²) in [4.78, 5) is 54.8. The predicted octanol–water partition coefficient (Wildman–Crippen LogP) is 4.93. The van der Waals surface area contributed by atoms with Crippen LogP contribution in [0.4, 0.5) is 22.7 Å². The van der Waals surface area contributed by atoms with E-state index in [1.807, 2.05) is 41.3 Å². The van der Waals surface area contributed by atoms with Crippen LogP contribution in [0.2, 0.25) is 10.0 Å². The molecule has 4 atom stereocenters. The van der Waals surface area contributed by atoms with Crippen molar-refractivity contribution in [3.05, 3.63) is 98.5 Å². The Labute approximate surface area is 226 Å². The number of nitro benzene ring substituents is 1. The van der Waals surface area contributed by atoms with E-state index in [1.165, 1.54) is 36.4 Å². The number of halogens is 2. The van der Waals surface area contributed by atoms with Gasteiger partial charge in [-0.1, -0.05) is 53.6 Å². The highest BCUT2D eigenvalue weighted by Gasteiger charge is 2.64. The molecule has 9 nitrogen and oxygen atoms in total. The smallest absolute Gasteiger partial charge is 0.269 e. The van der Waals surface area contributed by atoms with Crippen LogP contribution >= 0.6 is 23.2 Å². The highest BCUT2D eigenvalue weighted by molar-refractivity contribution is 6.38. The Bertz CT molecular complexity index is 1560. The monoisotopic (exact) mass is 548 g/mol. The van der Waals surface area contributed by atoms with Gasteiger partial charge in [0.25, 0.3) is 5.69 Å². The molecule has 3 heterocycles. The summed E-state index contributed by atoms with van der Waals surface area (Å²) in [6, 6.07) is 15.8. The zero-order valence-corrected chi connectivity index (χ0v) is 21.0. The minimum atomic E-state index is -1.03. The number of hydrogen-bond donors (Lipinski definition) is 1. The molecule has 0 radical (unpaired) electrons. The number of para-hydroxylation sites is 1. The van der Waals surface area contributed by atoms with Crippen molar-refractivity contribution in [2.24, 2.45) is 11.8 Å². The number of hydrogen-bond acceptors (Lipinski definition) is 6. The number of non-ortho nitro benzene ring substituents is 1. The van der Waals surface area contributed by atoms with Gasteiger partial charge in [0.15, 0.2) is 0 Å². The highest BCUT2D eigenvalue weighted by atomic mass is 35.5. The van der Waals surface area contributed by atoms with Gasteiger partial charge in [0, 0.05) is 28.5 Å². The number of anilines is 3. The number of imide groups is 1. The molecule has 3 aromatic rings. The second kappa shape index (κ2) is 8.97. The van der Waals surface area contributed by atoms with Crippen LogP contribution in [0.5, 0.6) is 0 Å². The van der Waals surface area contributed by atoms with Gasteiger partial charge in [-0.3, -0.25) is 24.5 Å². The Hall–Kier alpha value is -4.21. The van der Waals surface area contributed by atoms with Crippen LogP contribution in [0, 0.1) is 22.0 Å². The summed E-state index contributed by atoms with van der Waals surface area (Å²) in [6.07, 6.45) is 3.73. The summed E-state index contributed by atoms with van der Waals surface area (Å²) < 4.78 is 0. The van der Waals surface area contributed by atoms with Crippen LogP contribution < -0.4 is 15.1 Å². The lowest BCUT2D eigenvalue weighted by Gasteiger charge is -2.36. The van der Waals surface area contributed by atoms with Crippen LogP contribution in [0.3, 0.4) is 0 Å². The third kappa shape index (κ3) is 3.66. The molecule has 0 bridgehead atoms. The molecule has 3 aliphatic rings. The molecule has 2 fully saturated rings. The molecule has 11 heteroatoms. The molecule has 1 N–H and O–H groups in total. The number of nitrogens with zero attached hydrogens (tertiary/aromatic N) is 3. The van der Waals surface area contributed by atoms with Crippen molar-refractivity contribution in [3.8, 4) is 0 Å². The van der Waals surface area contributed by atoms with Crippen molar-refractivity contribution >= 4 is 69.7 Å². The standard InChI is InChI=1S/C27H18Cl2N4O5/c28-15-6-12-20(18(29)13-15)32-26(35)22-21-11-5-14-3-1-2-4-19(14)31(21)24(23(22)27(32)36)25(34)30-16-7-9-17(10-8-16)33(37)38/h1-13,21-24H,(H,30,34)/t21-,22+,23-,24+/m1/s1. The maximum Gasteiger partial charge on any atom is 0.269 e. The van der Waals surface area contributed by atoms with Crippen LogP contribution in [0.1, 0.15) is 5.56 Å². The van der Waals surface area contributed by atoms with Crippen molar-refractivity contribution in [2.75, 3.05) is 15.1 Å². The number of carbonyl (C=O) groups is 3. The summed E-state index contributed by atoms with van der Waals surface area (Å²) in [5, 5.41) is 14.3. The predicted molar refractivity (Wildman–Crippen MR) is 143 cm³/mol. The number of amides is 3. The second-order valence-corrected chi connectivity index (χ2v) is 10.1. The zero-order chi connectivity index (χ0) is 26.7. The lowest BCUT2D eigenvalue weighted by molar-refractivity contribution is -0.384. The third-order valence-electron chi connectivity index (χ3n) is 7.18. The fourth-order valence-corrected chi connectivity index (χ4v) is 6.09. The van der Waals surface area contributed by atoms with Gasteiger partial charge in [0.1, 0.15) is 6.04 Å². The first-order valence-electron chi connectivity index (χ1n) is 11.7. The molecule has 190 valence electrons. The minimum Gasteiger partial charge on any atom is -0.351 e. The van der Waals surface area contributed by atoms with Gasteiger partial charge in [-0.25, -0.2) is 4.90 Å². The summed E-state index contributed by atoms with van der Waals surface area (Å²) in [7, 11) is 0. The summed E-state index contributed by atoms with van der Waals surface area (Å²) in [5.74, 6) is -3.31. The first-order chi connectivity index (χ1) is 18.3. The summed E-state index contributed by atoms with van der Waals surface area (Å²) in [5.41, 5.74) is 2.01. The molecule has 6 rings (SSSR count). The van der Waals surface area contributed by atoms with Crippen molar-refractivity contribution in [1.82, 2.24) is 0 Å². The SMILES string of the molecule is O=C(Nc1ccc([N+](=O)[O-])cc1)[C@@H]1[C@@H]2C(=O)N(c3ccc(Cl)cc3Cl)C(=O)[C@H]2[C@H]2C=Cc3ccccc3N21. The number of nitro groups is 1. The molecule has 0 spiro atoms. The van der Waals surface area contributed by atoms with E-state index in [-0.39, 0.29) is 16.4 Å². The molecule has 0 aliphatic carbocycles. The second-order valence-electron chi connectivity index (χ2n) is 9.21. The van der Waals surface area contributed by atoms with Gasteiger partial charge in [0.2, 0.25) is 17.7 Å². The lowest BCUT2D eigenvalue weighted by atomic mass is 9.88. The molecule has 0 unspecified atom stereocenters. The van der Waals surface area contributed by atoms with Crippen LogP contribution in [0.25, 0.3) is 6.08 Å². The molecule has 0 saturated carbocycles. The van der Waals surface area contributed by atoms with Gasteiger partial charge in [-0.2, -0.15) is 0 Å². The molecule has 3 aliphatic heterocycles. The molecular formula is C27H18Cl2N4O5. The fourth-order valence-electron chi connectivity index (χ4n) is 5.60. The van der Waals surface area contributed by atoms with E-state index in [9.17, 15) is 24.5 Å². The maximum absolute atomic E-state index is 13.9. The number of carbonyl (C=O) groups excluding carboxylic acids is 3. The first-order valence-corrected chi connectivity index (χ1v) is 12.5.